The Morgan fingerprint density at radius 1 is 1.00 bits per heavy atom. The second-order valence-electron chi connectivity index (χ2n) is 6.94. The van der Waals surface area contributed by atoms with E-state index >= 15 is 0 Å². The predicted octanol–water partition coefficient (Wildman–Crippen LogP) is 5.15. The third kappa shape index (κ3) is 3.12. The summed E-state index contributed by atoms with van der Waals surface area (Å²) in [5.74, 6) is 2.32. The summed E-state index contributed by atoms with van der Waals surface area (Å²) in [6.07, 6.45) is 0. The number of nitrogens with zero attached hydrogens (tertiary/aromatic N) is 4. The summed E-state index contributed by atoms with van der Waals surface area (Å²) in [5.41, 5.74) is 5.95. The van der Waals surface area contributed by atoms with Gasteiger partial charge in [0.25, 0.3) is 0 Å². The number of aromatic nitrogens is 3. The fourth-order valence-corrected chi connectivity index (χ4v) is 4.47. The van der Waals surface area contributed by atoms with E-state index in [2.05, 4.69) is 71.7 Å². The molecule has 0 amide bonds. The average molecular weight is 367 g/mol. The van der Waals surface area contributed by atoms with E-state index in [4.69, 9.17) is 0 Å². The summed E-state index contributed by atoms with van der Waals surface area (Å²) in [5, 5.41) is 9.63. The molecule has 3 rings (SSSR count). The van der Waals surface area contributed by atoms with Crippen molar-refractivity contribution >= 4 is 17.0 Å². The molecule has 26 heavy (non-hydrogen) atoms. The van der Waals surface area contributed by atoms with E-state index in [-0.39, 0.29) is 0 Å². The van der Waals surface area contributed by atoms with Crippen LogP contribution in [0, 0.1) is 27.7 Å². The number of hydrogen-bond acceptors (Lipinski definition) is 4. The SMILES string of the molecule is CN=C(c1ccc(C(C)C)cc1)c1c(-n2c(C)nnc2C)sc(C)c1C. The van der Waals surface area contributed by atoms with Gasteiger partial charge in [0.05, 0.1) is 5.71 Å². The topological polar surface area (TPSA) is 43.1 Å². The first kappa shape index (κ1) is 18.5. The molecule has 0 aliphatic rings. The zero-order valence-corrected chi connectivity index (χ0v) is 17.4. The van der Waals surface area contributed by atoms with Crippen molar-refractivity contribution in [1.82, 2.24) is 14.8 Å². The summed E-state index contributed by atoms with van der Waals surface area (Å²) in [6.45, 7) is 12.8. The summed E-state index contributed by atoms with van der Waals surface area (Å²) < 4.78 is 2.13. The minimum absolute atomic E-state index is 0.522. The van der Waals surface area contributed by atoms with Gasteiger partial charge in [0.1, 0.15) is 16.6 Å². The van der Waals surface area contributed by atoms with Crippen molar-refractivity contribution in [3.8, 4) is 5.00 Å². The van der Waals surface area contributed by atoms with Crippen molar-refractivity contribution in [2.75, 3.05) is 7.05 Å². The van der Waals surface area contributed by atoms with Crippen LogP contribution in [0.3, 0.4) is 0 Å². The van der Waals surface area contributed by atoms with Crippen LogP contribution in [0.2, 0.25) is 0 Å². The third-order valence-corrected chi connectivity index (χ3v) is 6.06. The lowest BCUT2D eigenvalue weighted by Crippen LogP contribution is -2.10. The highest BCUT2D eigenvalue weighted by atomic mass is 32.1. The number of rotatable bonds is 4. The van der Waals surface area contributed by atoms with Crippen LogP contribution in [0.25, 0.3) is 5.00 Å². The first-order chi connectivity index (χ1) is 12.3. The molecule has 4 nitrogen and oxygen atoms in total. The Morgan fingerprint density at radius 3 is 2.08 bits per heavy atom. The maximum Gasteiger partial charge on any atom is 0.135 e. The maximum atomic E-state index is 4.68. The second-order valence-corrected chi connectivity index (χ2v) is 8.15. The molecule has 1 aromatic carbocycles. The first-order valence-electron chi connectivity index (χ1n) is 8.91. The maximum absolute atomic E-state index is 4.68. The van der Waals surface area contributed by atoms with Crippen molar-refractivity contribution in [2.24, 2.45) is 4.99 Å². The lowest BCUT2D eigenvalue weighted by Gasteiger charge is -2.13. The Hall–Kier alpha value is -2.27. The lowest BCUT2D eigenvalue weighted by molar-refractivity contribution is 0.866. The Bertz CT molecular complexity index is 939. The van der Waals surface area contributed by atoms with Crippen molar-refractivity contribution in [3.05, 3.63) is 63.0 Å². The van der Waals surface area contributed by atoms with Crippen LogP contribution >= 0.6 is 11.3 Å². The van der Waals surface area contributed by atoms with Gasteiger partial charge < -0.3 is 0 Å². The Kier molecular flexibility index (Phi) is 5.10. The van der Waals surface area contributed by atoms with E-state index < -0.39 is 0 Å². The number of thiophene rings is 1. The van der Waals surface area contributed by atoms with Gasteiger partial charge in [-0.3, -0.25) is 9.56 Å². The van der Waals surface area contributed by atoms with Crippen LogP contribution in [-0.4, -0.2) is 27.5 Å². The Labute approximate surface area is 159 Å². The zero-order valence-electron chi connectivity index (χ0n) is 16.6. The van der Waals surface area contributed by atoms with Crippen LogP contribution in [0.5, 0.6) is 0 Å². The summed E-state index contributed by atoms with van der Waals surface area (Å²) in [6, 6.07) is 8.77. The summed E-state index contributed by atoms with van der Waals surface area (Å²) in [4.78, 5) is 5.97. The summed E-state index contributed by atoms with van der Waals surface area (Å²) >= 11 is 1.78. The highest BCUT2D eigenvalue weighted by molar-refractivity contribution is 7.15. The van der Waals surface area contributed by atoms with Crippen LogP contribution in [0.15, 0.2) is 29.3 Å². The van der Waals surface area contributed by atoms with E-state index in [0.29, 0.717) is 5.92 Å². The number of hydrogen-bond donors (Lipinski definition) is 0. The highest BCUT2D eigenvalue weighted by Crippen LogP contribution is 2.34. The van der Waals surface area contributed by atoms with E-state index in [1.54, 1.807) is 11.3 Å². The Morgan fingerprint density at radius 2 is 1.58 bits per heavy atom. The van der Waals surface area contributed by atoms with Gasteiger partial charge in [-0.25, -0.2) is 0 Å². The molecule has 0 bridgehead atoms. The molecule has 2 aromatic heterocycles. The van der Waals surface area contributed by atoms with Crippen LogP contribution in [-0.2, 0) is 0 Å². The van der Waals surface area contributed by atoms with Gasteiger partial charge in [-0.05, 0) is 44.7 Å². The standard InChI is InChI=1S/C21H26N4S/c1-12(2)17-8-10-18(11-9-17)20(22-7)19-13(3)14(4)26-21(19)25-15(5)23-24-16(25)6/h8-12H,1-7H3. The van der Waals surface area contributed by atoms with Gasteiger partial charge >= 0.3 is 0 Å². The molecule has 136 valence electrons. The zero-order chi connectivity index (χ0) is 19.0. The fourth-order valence-electron chi connectivity index (χ4n) is 3.22. The quantitative estimate of drug-likeness (QED) is 0.599. The van der Waals surface area contributed by atoms with Crippen LogP contribution < -0.4 is 0 Å². The molecule has 0 saturated heterocycles. The number of aryl methyl sites for hydroxylation is 3. The van der Waals surface area contributed by atoms with Gasteiger partial charge in [-0.1, -0.05) is 38.1 Å². The molecule has 0 spiro atoms. The van der Waals surface area contributed by atoms with Crippen molar-refractivity contribution in [2.45, 2.75) is 47.5 Å². The minimum atomic E-state index is 0.522. The number of benzene rings is 1. The predicted molar refractivity (Wildman–Crippen MR) is 110 cm³/mol. The molecule has 0 aliphatic carbocycles. The van der Waals surface area contributed by atoms with E-state index in [1.165, 1.54) is 21.6 Å². The molecule has 2 heterocycles. The Balaban J connectivity index is 2.19. The minimum Gasteiger partial charge on any atom is -0.287 e. The average Bonchev–Trinajstić information content (AvgIpc) is 3.09. The number of aliphatic imine (C=N–C) groups is 1. The molecular formula is C21H26N4S. The van der Waals surface area contributed by atoms with Gasteiger partial charge in [-0.2, -0.15) is 0 Å². The molecule has 0 saturated carbocycles. The van der Waals surface area contributed by atoms with Crippen LogP contribution in [0.1, 0.15) is 58.5 Å². The molecule has 0 fully saturated rings. The van der Waals surface area contributed by atoms with E-state index in [9.17, 15) is 0 Å². The smallest absolute Gasteiger partial charge is 0.135 e. The summed E-state index contributed by atoms with van der Waals surface area (Å²) in [7, 11) is 1.87. The van der Waals surface area contributed by atoms with Gasteiger partial charge in [0.15, 0.2) is 0 Å². The lowest BCUT2D eigenvalue weighted by atomic mass is 9.96. The normalized spacial score (nSPS) is 12.2. The molecule has 0 aliphatic heterocycles. The monoisotopic (exact) mass is 366 g/mol. The molecule has 0 radical (unpaired) electrons. The molecule has 0 unspecified atom stereocenters. The van der Waals surface area contributed by atoms with Gasteiger partial charge in [-0.15, -0.1) is 21.5 Å². The van der Waals surface area contributed by atoms with Crippen LogP contribution in [0.4, 0.5) is 0 Å². The van der Waals surface area contributed by atoms with E-state index in [1.807, 2.05) is 20.9 Å². The molecule has 0 atom stereocenters. The third-order valence-electron chi connectivity index (χ3n) is 4.87. The van der Waals surface area contributed by atoms with E-state index in [0.717, 1.165) is 27.9 Å². The molecule has 3 aromatic rings. The highest BCUT2D eigenvalue weighted by Gasteiger charge is 2.22. The molecule has 0 N–H and O–H groups in total. The molecular weight excluding hydrogens is 340 g/mol. The largest absolute Gasteiger partial charge is 0.287 e. The molecule has 5 heteroatoms. The van der Waals surface area contributed by atoms with Gasteiger partial charge in [0, 0.05) is 23.1 Å². The fraction of sp³-hybridized carbons (Fsp3) is 0.381. The van der Waals surface area contributed by atoms with Gasteiger partial charge in [0.2, 0.25) is 0 Å². The first-order valence-corrected chi connectivity index (χ1v) is 9.73. The van der Waals surface area contributed by atoms with Crippen molar-refractivity contribution in [3.63, 3.8) is 0 Å². The van der Waals surface area contributed by atoms with Crippen molar-refractivity contribution in [1.29, 1.82) is 0 Å². The van der Waals surface area contributed by atoms with Crippen molar-refractivity contribution < 1.29 is 0 Å². The second kappa shape index (κ2) is 7.16.